The van der Waals surface area contributed by atoms with Gasteiger partial charge in [-0.2, -0.15) is 0 Å². The van der Waals surface area contributed by atoms with Gasteiger partial charge in [0.2, 0.25) is 0 Å². The molecular formula is C17H27NO4. The molecule has 1 atom stereocenters. The van der Waals surface area contributed by atoms with Crippen LogP contribution in [-0.2, 0) is 22.6 Å². The molecule has 1 aromatic rings. The second kappa shape index (κ2) is 8.48. The highest BCUT2D eigenvalue weighted by Crippen LogP contribution is 2.22. The Labute approximate surface area is 132 Å². The molecule has 5 heteroatoms. The second-order valence-corrected chi connectivity index (χ2v) is 6.03. The van der Waals surface area contributed by atoms with Gasteiger partial charge in [0, 0.05) is 18.7 Å². The molecule has 0 radical (unpaired) electrons. The Hall–Kier alpha value is -1.14. The van der Waals surface area contributed by atoms with Crippen molar-refractivity contribution in [2.24, 2.45) is 0 Å². The van der Waals surface area contributed by atoms with Crippen molar-refractivity contribution in [3.05, 3.63) is 29.3 Å². The number of ether oxygens (including phenoxy) is 3. The number of hydrogen-bond acceptors (Lipinski definition) is 5. The molecule has 0 unspecified atom stereocenters. The SMILES string of the molecule is CC(C)Oc1ccc(CN(C)C[C@H]2COCCO2)cc1CO. The van der Waals surface area contributed by atoms with Gasteiger partial charge in [0.25, 0.3) is 0 Å². The Morgan fingerprint density at radius 3 is 2.82 bits per heavy atom. The van der Waals surface area contributed by atoms with Gasteiger partial charge >= 0.3 is 0 Å². The molecule has 1 aliphatic heterocycles. The van der Waals surface area contributed by atoms with Crippen molar-refractivity contribution in [3.63, 3.8) is 0 Å². The molecule has 0 bridgehead atoms. The maximum atomic E-state index is 9.52. The predicted octanol–water partition coefficient (Wildman–Crippen LogP) is 1.81. The summed E-state index contributed by atoms with van der Waals surface area (Å²) < 4.78 is 16.8. The van der Waals surface area contributed by atoms with E-state index in [0.29, 0.717) is 19.8 Å². The zero-order valence-corrected chi connectivity index (χ0v) is 13.7. The number of benzene rings is 1. The first-order valence-corrected chi connectivity index (χ1v) is 7.85. The Morgan fingerprint density at radius 1 is 1.36 bits per heavy atom. The molecule has 1 heterocycles. The monoisotopic (exact) mass is 309 g/mol. The van der Waals surface area contributed by atoms with Crippen LogP contribution in [0.15, 0.2) is 18.2 Å². The lowest BCUT2D eigenvalue weighted by Gasteiger charge is -2.27. The van der Waals surface area contributed by atoms with Crippen molar-refractivity contribution in [2.45, 2.75) is 39.2 Å². The molecule has 1 aromatic carbocycles. The van der Waals surface area contributed by atoms with E-state index >= 15 is 0 Å². The highest BCUT2D eigenvalue weighted by molar-refractivity contribution is 5.37. The van der Waals surface area contributed by atoms with Gasteiger partial charge in [0.15, 0.2) is 0 Å². The first-order valence-electron chi connectivity index (χ1n) is 7.85. The summed E-state index contributed by atoms with van der Waals surface area (Å²) in [5.74, 6) is 0.757. The fourth-order valence-electron chi connectivity index (χ4n) is 2.59. The third-order valence-electron chi connectivity index (χ3n) is 3.51. The summed E-state index contributed by atoms with van der Waals surface area (Å²) in [5.41, 5.74) is 1.98. The third kappa shape index (κ3) is 5.25. The molecule has 1 saturated heterocycles. The lowest BCUT2D eigenvalue weighted by atomic mass is 10.1. The van der Waals surface area contributed by atoms with Gasteiger partial charge in [-0.3, -0.25) is 4.90 Å². The minimum Gasteiger partial charge on any atom is -0.491 e. The Bertz CT molecular complexity index is 458. The van der Waals surface area contributed by atoms with E-state index in [-0.39, 0.29) is 18.8 Å². The zero-order chi connectivity index (χ0) is 15.9. The van der Waals surface area contributed by atoms with Crippen molar-refractivity contribution < 1.29 is 19.3 Å². The Kier molecular flexibility index (Phi) is 6.64. The van der Waals surface area contributed by atoms with Crippen LogP contribution in [0.2, 0.25) is 0 Å². The minimum atomic E-state index is -0.0147. The fraction of sp³-hybridized carbons (Fsp3) is 0.647. The molecular weight excluding hydrogens is 282 g/mol. The molecule has 0 saturated carbocycles. The highest BCUT2D eigenvalue weighted by Gasteiger charge is 2.16. The number of hydrogen-bond donors (Lipinski definition) is 1. The Balaban J connectivity index is 1.93. The number of likely N-dealkylation sites (N-methyl/N-ethyl adjacent to an activating group) is 1. The number of aliphatic hydroxyl groups is 1. The standard InChI is InChI=1S/C17H27NO4/c1-13(2)22-17-5-4-14(8-15(17)11-19)9-18(3)10-16-12-20-6-7-21-16/h4-5,8,13,16,19H,6-7,9-12H2,1-3H3/t16-/m0/s1. The van der Waals surface area contributed by atoms with Crippen LogP contribution in [0, 0.1) is 0 Å². The van der Waals surface area contributed by atoms with Crippen molar-refractivity contribution in [3.8, 4) is 5.75 Å². The van der Waals surface area contributed by atoms with E-state index in [1.54, 1.807) is 0 Å². The molecule has 5 nitrogen and oxygen atoms in total. The number of nitrogens with zero attached hydrogens (tertiary/aromatic N) is 1. The fourth-order valence-corrected chi connectivity index (χ4v) is 2.59. The summed E-state index contributed by atoms with van der Waals surface area (Å²) in [6, 6.07) is 5.99. The summed E-state index contributed by atoms with van der Waals surface area (Å²) >= 11 is 0. The van der Waals surface area contributed by atoms with Crippen LogP contribution in [0.5, 0.6) is 5.75 Å². The van der Waals surface area contributed by atoms with Gasteiger partial charge < -0.3 is 19.3 Å². The quantitative estimate of drug-likeness (QED) is 0.832. The van der Waals surface area contributed by atoms with E-state index in [9.17, 15) is 5.11 Å². The molecule has 2 rings (SSSR count). The molecule has 1 N–H and O–H groups in total. The summed E-state index contributed by atoms with van der Waals surface area (Å²) in [5, 5.41) is 9.52. The molecule has 1 aliphatic rings. The van der Waals surface area contributed by atoms with Crippen molar-refractivity contribution in [1.82, 2.24) is 4.90 Å². The van der Waals surface area contributed by atoms with Gasteiger partial charge in [-0.1, -0.05) is 6.07 Å². The van der Waals surface area contributed by atoms with E-state index in [2.05, 4.69) is 11.9 Å². The van der Waals surface area contributed by atoms with Crippen LogP contribution in [0.1, 0.15) is 25.0 Å². The zero-order valence-electron chi connectivity index (χ0n) is 13.7. The smallest absolute Gasteiger partial charge is 0.125 e. The Morgan fingerprint density at radius 2 is 2.18 bits per heavy atom. The third-order valence-corrected chi connectivity index (χ3v) is 3.51. The lowest BCUT2D eigenvalue weighted by molar-refractivity contribution is -0.0962. The average Bonchev–Trinajstić information content (AvgIpc) is 2.49. The maximum Gasteiger partial charge on any atom is 0.125 e. The normalized spacial score (nSPS) is 18.9. The molecule has 22 heavy (non-hydrogen) atoms. The van der Waals surface area contributed by atoms with Gasteiger partial charge in [0.1, 0.15) is 5.75 Å². The number of rotatable bonds is 7. The largest absolute Gasteiger partial charge is 0.491 e. The van der Waals surface area contributed by atoms with Gasteiger partial charge in [-0.15, -0.1) is 0 Å². The minimum absolute atomic E-state index is 0.0147. The maximum absolute atomic E-state index is 9.52. The van der Waals surface area contributed by atoms with E-state index in [1.807, 2.05) is 32.0 Å². The summed E-state index contributed by atoms with van der Waals surface area (Å²) in [6.07, 6.45) is 0.238. The van der Waals surface area contributed by atoms with Crippen molar-refractivity contribution >= 4 is 0 Å². The average molecular weight is 309 g/mol. The predicted molar refractivity (Wildman–Crippen MR) is 85.0 cm³/mol. The molecule has 0 aromatic heterocycles. The van der Waals surface area contributed by atoms with E-state index in [4.69, 9.17) is 14.2 Å². The van der Waals surface area contributed by atoms with Gasteiger partial charge in [-0.25, -0.2) is 0 Å². The highest BCUT2D eigenvalue weighted by atomic mass is 16.6. The lowest BCUT2D eigenvalue weighted by Crippen LogP contribution is -2.38. The molecule has 1 fully saturated rings. The van der Waals surface area contributed by atoms with E-state index in [0.717, 1.165) is 30.0 Å². The van der Waals surface area contributed by atoms with Crippen molar-refractivity contribution in [1.29, 1.82) is 0 Å². The van der Waals surface area contributed by atoms with E-state index < -0.39 is 0 Å². The number of aliphatic hydroxyl groups excluding tert-OH is 1. The van der Waals surface area contributed by atoms with Gasteiger partial charge in [0.05, 0.1) is 38.6 Å². The first kappa shape index (κ1) is 17.2. The summed E-state index contributed by atoms with van der Waals surface area (Å²) in [7, 11) is 2.06. The van der Waals surface area contributed by atoms with E-state index in [1.165, 1.54) is 0 Å². The molecule has 124 valence electrons. The van der Waals surface area contributed by atoms with Crippen molar-refractivity contribution in [2.75, 3.05) is 33.4 Å². The molecule has 0 aliphatic carbocycles. The van der Waals surface area contributed by atoms with Crippen LogP contribution in [0.3, 0.4) is 0 Å². The first-order chi connectivity index (χ1) is 10.6. The summed E-state index contributed by atoms with van der Waals surface area (Å²) in [4.78, 5) is 2.21. The second-order valence-electron chi connectivity index (χ2n) is 6.03. The topological polar surface area (TPSA) is 51.2 Å². The van der Waals surface area contributed by atoms with Crippen LogP contribution >= 0.6 is 0 Å². The van der Waals surface area contributed by atoms with Crippen LogP contribution < -0.4 is 4.74 Å². The molecule has 0 spiro atoms. The summed E-state index contributed by atoms with van der Waals surface area (Å²) in [6.45, 7) is 7.61. The molecule has 0 amide bonds. The van der Waals surface area contributed by atoms with Crippen LogP contribution in [-0.4, -0.2) is 55.6 Å². The van der Waals surface area contributed by atoms with Crippen LogP contribution in [0.4, 0.5) is 0 Å². The van der Waals surface area contributed by atoms with Crippen LogP contribution in [0.25, 0.3) is 0 Å². The van der Waals surface area contributed by atoms with Gasteiger partial charge in [-0.05, 0) is 38.6 Å².